The lowest BCUT2D eigenvalue weighted by Gasteiger charge is -2.09. The molecule has 2 aromatic carbocycles. The molecule has 28 heavy (non-hydrogen) atoms. The average Bonchev–Trinajstić information content (AvgIpc) is 2.71. The Morgan fingerprint density at radius 2 is 1.79 bits per heavy atom. The number of thioether (sulfide) groups is 1. The van der Waals surface area contributed by atoms with Crippen molar-refractivity contribution < 1.29 is 14.2 Å². The highest BCUT2D eigenvalue weighted by molar-refractivity contribution is 8.13. The maximum Gasteiger partial charge on any atom is 0.258 e. The first-order valence-corrected chi connectivity index (χ1v) is 9.29. The predicted molar refractivity (Wildman–Crippen MR) is 111 cm³/mol. The van der Waals surface area contributed by atoms with Gasteiger partial charge in [0.05, 0.1) is 38.0 Å². The highest BCUT2D eigenvalue weighted by Gasteiger charge is 2.11. The van der Waals surface area contributed by atoms with E-state index in [-0.39, 0.29) is 5.56 Å². The topological polar surface area (TPSA) is 112 Å². The first-order valence-electron chi connectivity index (χ1n) is 8.30. The van der Waals surface area contributed by atoms with Crippen LogP contribution in [0.1, 0.15) is 5.82 Å². The number of amidine groups is 1. The number of methoxy groups -OCH3 is 3. The van der Waals surface area contributed by atoms with Crippen molar-refractivity contribution in [1.29, 1.82) is 0 Å². The molecule has 0 atom stereocenters. The molecular formula is C19H20N4O4S. The van der Waals surface area contributed by atoms with Crippen LogP contribution >= 0.6 is 11.8 Å². The Bertz CT molecular complexity index is 1080. The molecule has 3 N–H and O–H groups in total. The average molecular weight is 400 g/mol. The summed E-state index contributed by atoms with van der Waals surface area (Å²) in [6, 6.07) is 10.6. The summed E-state index contributed by atoms with van der Waals surface area (Å²) in [5.41, 5.74) is 6.89. The number of aliphatic imine (C=N–C) groups is 1. The van der Waals surface area contributed by atoms with Crippen LogP contribution in [0.25, 0.3) is 10.9 Å². The number of nitrogens with one attached hydrogen (secondary N) is 1. The zero-order valence-electron chi connectivity index (χ0n) is 15.7. The predicted octanol–water partition coefficient (Wildman–Crippen LogP) is 2.83. The first-order chi connectivity index (χ1) is 13.5. The largest absolute Gasteiger partial charge is 0.494 e. The van der Waals surface area contributed by atoms with Gasteiger partial charge in [0.15, 0.2) is 16.7 Å². The first kappa shape index (κ1) is 19.6. The summed E-state index contributed by atoms with van der Waals surface area (Å²) in [5, 5.41) is 0.751. The fraction of sp³-hybridized carbons (Fsp3) is 0.211. The third kappa shape index (κ3) is 4.20. The molecule has 1 heterocycles. The van der Waals surface area contributed by atoms with Crippen molar-refractivity contribution in [2.24, 2.45) is 10.7 Å². The fourth-order valence-electron chi connectivity index (χ4n) is 2.60. The summed E-state index contributed by atoms with van der Waals surface area (Å²) in [4.78, 5) is 24.0. The maximum absolute atomic E-state index is 12.4. The summed E-state index contributed by atoms with van der Waals surface area (Å²) in [6.07, 6.45) is 0. The number of rotatable bonds is 6. The molecular weight excluding hydrogens is 380 g/mol. The molecule has 0 amide bonds. The molecule has 1 aromatic heterocycles. The van der Waals surface area contributed by atoms with Gasteiger partial charge in [-0.2, -0.15) is 0 Å². The van der Waals surface area contributed by atoms with Gasteiger partial charge in [-0.3, -0.25) is 4.79 Å². The van der Waals surface area contributed by atoms with E-state index in [1.54, 1.807) is 25.3 Å². The Kier molecular flexibility index (Phi) is 6.05. The van der Waals surface area contributed by atoms with Gasteiger partial charge in [-0.1, -0.05) is 23.9 Å². The number of aromatic nitrogens is 2. The van der Waals surface area contributed by atoms with Gasteiger partial charge in [0, 0.05) is 6.07 Å². The standard InChI is InChI=1S/C19H20N4O4S/c1-25-14-7-5-4-6-12(14)22-19(20)28-10-17-21-13-9-16(27-3)15(26-2)8-11(13)18(24)23-17/h4-9H,10H2,1-3H3,(H2,20,22)(H,21,23,24). The number of aromatic amines is 1. The Morgan fingerprint density at radius 3 is 2.50 bits per heavy atom. The van der Waals surface area contributed by atoms with Crippen LogP contribution in [0.2, 0.25) is 0 Å². The quantitative estimate of drug-likeness (QED) is 0.483. The van der Waals surface area contributed by atoms with E-state index in [9.17, 15) is 4.79 Å². The zero-order valence-corrected chi connectivity index (χ0v) is 16.5. The van der Waals surface area contributed by atoms with Crippen molar-refractivity contribution >= 4 is 33.5 Å². The number of fused-ring (bicyclic) bond motifs is 1. The van der Waals surface area contributed by atoms with Crippen LogP contribution < -0.4 is 25.5 Å². The van der Waals surface area contributed by atoms with E-state index < -0.39 is 0 Å². The van der Waals surface area contributed by atoms with E-state index >= 15 is 0 Å². The van der Waals surface area contributed by atoms with Crippen molar-refractivity contribution in [3.63, 3.8) is 0 Å². The smallest absolute Gasteiger partial charge is 0.258 e. The molecule has 0 aliphatic carbocycles. The van der Waals surface area contributed by atoms with Crippen LogP contribution in [-0.4, -0.2) is 36.5 Å². The molecule has 0 aliphatic heterocycles. The fourth-order valence-corrected chi connectivity index (χ4v) is 3.18. The van der Waals surface area contributed by atoms with E-state index in [0.29, 0.717) is 50.6 Å². The molecule has 8 nitrogen and oxygen atoms in total. The van der Waals surface area contributed by atoms with Crippen molar-refractivity contribution in [1.82, 2.24) is 9.97 Å². The monoisotopic (exact) mass is 400 g/mol. The number of benzene rings is 2. The second kappa shape index (κ2) is 8.66. The summed E-state index contributed by atoms with van der Waals surface area (Å²) in [7, 11) is 4.62. The third-order valence-electron chi connectivity index (χ3n) is 3.93. The Morgan fingerprint density at radius 1 is 1.11 bits per heavy atom. The van der Waals surface area contributed by atoms with Crippen molar-refractivity contribution in [3.05, 3.63) is 52.6 Å². The van der Waals surface area contributed by atoms with Gasteiger partial charge in [0.25, 0.3) is 5.56 Å². The minimum absolute atomic E-state index is 0.262. The van der Waals surface area contributed by atoms with Gasteiger partial charge in [-0.25, -0.2) is 9.98 Å². The second-order valence-corrected chi connectivity index (χ2v) is 6.64. The number of hydrogen-bond donors (Lipinski definition) is 2. The molecule has 3 aromatic rings. The van der Waals surface area contributed by atoms with Crippen LogP contribution in [0.5, 0.6) is 17.2 Å². The summed E-state index contributed by atoms with van der Waals surface area (Å²) < 4.78 is 15.8. The number of H-pyrrole nitrogens is 1. The van der Waals surface area contributed by atoms with E-state index in [0.717, 1.165) is 0 Å². The van der Waals surface area contributed by atoms with Crippen LogP contribution in [0.4, 0.5) is 5.69 Å². The lowest BCUT2D eigenvalue weighted by atomic mass is 10.2. The maximum atomic E-state index is 12.4. The molecule has 0 aliphatic rings. The van der Waals surface area contributed by atoms with Crippen molar-refractivity contribution in [2.45, 2.75) is 5.75 Å². The molecule has 0 fully saturated rings. The van der Waals surface area contributed by atoms with Crippen LogP contribution in [-0.2, 0) is 5.75 Å². The third-order valence-corrected chi connectivity index (χ3v) is 4.74. The van der Waals surface area contributed by atoms with Gasteiger partial charge < -0.3 is 24.9 Å². The van der Waals surface area contributed by atoms with Gasteiger partial charge >= 0.3 is 0 Å². The highest BCUT2D eigenvalue weighted by atomic mass is 32.2. The number of nitrogens with zero attached hydrogens (tertiary/aromatic N) is 2. The SMILES string of the molecule is COc1ccccc1N=C(N)SCc1nc2cc(OC)c(OC)cc2c(=O)[nH]1. The number of hydrogen-bond acceptors (Lipinski definition) is 7. The van der Waals surface area contributed by atoms with Crippen LogP contribution in [0.15, 0.2) is 46.2 Å². The summed E-state index contributed by atoms with van der Waals surface area (Å²) >= 11 is 1.26. The summed E-state index contributed by atoms with van der Waals surface area (Å²) in [5.74, 6) is 2.43. The molecule has 0 saturated heterocycles. The molecule has 146 valence electrons. The molecule has 0 bridgehead atoms. The molecule has 0 spiro atoms. The zero-order chi connectivity index (χ0) is 20.1. The minimum atomic E-state index is -0.262. The van der Waals surface area contributed by atoms with Gasteiger partial charge in [0.2, 0.25) is 0 Å². The lowest BCUT2D eigenvalue weighted by Crippen LogP contribution is -2.13. The van der Waals surface area contributed by atoms with Gasteiger partial charge in [-0.15, -0.1) is 0 Å². The van der Waals surface area contributed by atoms with Gasteiger partial charge in [0.1, 0.15) is 17.3 Å². The lowest BCUT2D eigenvalue weighted by molar-refractivity contribution is 0.355. The Balaban J connectivity index is 1.84. The normalized spacial score (nSPS) is 11.5. The molecule has 0 saturated carbocycles. The molecule has 0 radical (unpaired) electrons. The van der Waals surface area contributed by atoms with Crippen LogP contribution in [0, 0.1) is 0 Å². The number of para-hydroxylation sites is 2. The minimum Gasteiger partial charge on any atom is -0.494 e. The van der Waals surface area contributed by atoms with E-state index in [1.165, 1.54) is 26.0 Å². The molecule has 3 rings (SSSR count). The molecule has 9 heteroatoms. The Hall–Kier alpha value is -3.20. The van der Waals surface area contributed by atoms with Crippen molar-refractivity contribution in [3.8, 4) is 17.2 Å². The van der Waals surface area contributed by atoms with Gasteiger partial charge in [-0.05, 0) is 18.2 Å². The Labute approximate surface area is 165 Å². The number of nitrogens with two attached hydrogens (primary N) is 1. The van der Waals surface area contributed by atoms with E-state index in [2.05, 4.69) is 15.0 Å². The van der Waals surface area contributed by atoms with Crippen LogP contribution in [0.3, 0.4) is 0 Å². The van der Waals surface area contributed by atoms with E-state index in [1.807, 2.05) is 18.2 Å². The number of ether oxygens (including phenoxy) is 3. The van der Waals surface area contributed by atoms with Crippen molar-refractivity contribution in [2.75, 3.05) is 21.3 Å². The second-order valence-electron chi connectivity index (χ2n) is 5.65. The van der Waals surface area contributed by atoms with E-state index in [4.69, 9.17) is 19.9 Å². The summed E-state index contributed by atoms with van der Waals surface area (Å²) in [6.45, 7) is 0. The highest BCUT2D eigenvalue weighted by Crippen LogP contribution is 2.30. The molecule has 0 unspecified atom stereocenters.